The van der Waals surface area contributed by atoms with Gasteiger partial charge in [-0.3, -0.25) is 4.90 Å². The first-order valence-corrected chi connectivity index (χ1v) is 6.79. The Morgan fingerprint density at radius 1 is 1.31 bits per heavy atom. The highest BCUT2D eigenvalue weighted by molar-refractivity contribution is 7.09. The van der Waals surface area contributed by atoms with E-state index in [0.717, 1.165) is 23.8 Å². The molecule has 2 rings (SSSR count). The quantitative estimate of drug-likeness (QED) is 0.851. The second-order valence-electron chi connectivity index (χ2n) is 3.34. The molecule has 0 unspecified atom stereocenters. The van der Waals surface area contributed by atoms with E-state index in [1.807, 2.05) is 16.3 Å². The Morgan fingerprint density at radius 3 is 2.88 bits per heavy atom. The number of hydrogen-bond donors (Lipinski definition) is 1. The Balaban J connectivity index is 1.94. The van der Waals surface area contributed by atoms with Gasteiger partial charge >= 0.3 is 0 Å². The molecule has 86 valence electrons. The highest BCUT2D eigenvalue weighted by atomic mass is 32.1. The number of hydrogen-bond acceptors (Lipinski definition) is 6. The van der Waals surface area contributed by atoms with Crippen LogP contribution < -0.4 is 0 Å². The number of thiazole rings is 2. The molecule has 2 heterocycles. The SMILES string of the molecule is OCCN(Cc1cscn1)Cc1nccs1. The lowest BCUT2D eigenvalue weighted by Gasteiger charge is -2.18. The first-order valence-electron chi connectivity index (χ1n) is 4.97. The summed E-state index contributed by atoms with van der Waals surface area (Å²) in [6.45, 7) is 2.35. The third kappa shape index (κ3) is 3.34. The lowest BCUT2D eigenvalue weighted by Crippen LogP contribution is -2.26. The van der Waals surface area contributed by atoms with Gasteiger partial charge in [0.1, 0.15) is 5.01 Å². The summed E-state index contributed by atoms with van der Waals surface area (Å²) in [5, 5.41) is 14.1. The van der Waals surface area contributed by atoms with E-state index in [1.165, 1.54) is 0 Å². The van der Waals surface area contributed by atoms with Crippen LogP contribution in [-0.4, -0.2) is 33.1 Å². The zero-order chi connectivity index (χ0) is 11.2. The van der Waals surface area contributed by atoms with E-state index in [1.54, 1.807) is 28.9 Å². The fraction of sp³-hybridized carbons (Fsp3) is 0.400. The van der Waals surface area contributed by atoms with Gasteiger partial charge in [-0.15, -0.1) is 22.7 Å². The van der Waals surface area contributed by atoms with Crippen molar-refractivity contribution < 1.29 is 5.11 Å². The fourth-order valence-electron chi connectivity index (χ4n) is 1.42. The zero-order valence-electron chi connectivity index (χ0n) is 8.74. The summed E-state index contributed by atoms with van der Waals surface area (Å²) in [4.78, 5) is 10.6. The van der Waals surface area contributed by atoms with Crippen LogP contribution in [0.3, 0.4) is 0 Å². The van der Waals surface area contributed by atoms with Crippen molar-refractivity contribution in [3.05, 3.63) is 33.2 Å². The molecule has 0 aliphatic rings. The van der Waals surface area contributed by atoms with Gasteiger partial charge in [-0.05, 0) is 0 Å². The first-order chi connectivity index (χ1) is 7.88. The van der Waals surface area contributed by atoms with E-state index in [4.69, 9.17) is 5.11 Å². The first kappa shape index (κ1) is 11.7. The summed E-state index contributed by atoms with van der Waals surface area (Å²) in [6.07, 6.45) is 1.81. The second kappa shape index (κ2) is 6.05. The molecule has 16 heavy (non-hydrogen) atoms. The molecule has 2 aromatic rings. The highest BCUT2D eigenvalue weighted by Crippen LogP contribution is 2.11. The molecule has 0 atom stereocenters. The molecule has 6 heteroatoms. The molecule has 0 bridgehead atoms. The highest BCUT2D eigenvalue weighted by Gasteiger charge is 2.09. The van der Waals surface area contributed by atoms with Crippen LogP contribution in [0.4, 0.5) is 0 Å². The maximum absolute atomic E-state index is 9.02. The van der Waals surface area contributed by atoms with Crippen LogP contribution in [0.5, 0.6) is 0 Å². The number of aliphatic hydroxyl groups excluding tert-OH is 1. The molecule has 4 nitrogen and oxygen atoms in total. The molecule has 0 fully saturated rings. The summed E-state index contributed by atoms with van der Waals surface area (Å²) in [5.74, 6) is 0. The average molecular weight is 255 g/mol. The van der Waals surface area contributed by atoms with Gasteiger partial charge < -0.3 is 5.11 Å². The minimum absolute atomic E-state index is 0.162. The van der Waals surface area contributed by atoms with Gasteiger partial charge in [-0.25, -0.2) is 9.97 Å². The van der Waals surface area contributed by atoms with Crippen LogP contribution >= 0.6 is 22.7 Å². The number of aromatic nitrogens is 2. The number of aliphatic hydroxyl groups is 1. The van der Waals surface area contributed by atoms with E-state index in [2.05, 4.69) is 14.9 Å². The fourth-order valence-corrected chi connectivity index (χ4v) is 2.63. The van der Waals surface area contributed by atoms with Crippen molar-refractivity contribution in [2.75, 3.05) is 13.2 Å². The summed E-state index contributed by atoms with van der Waals surface area (Å²) in [7, 11) is 0. The average Bonchev–Trinajstić information content (AvgIpc) is 2.91. The van der Waals surface area contributed by atoms with Gasteiger partial charge in [0, 0.05) is 30.0 Å². The monoisotopic (exact) mass is 255 g/mol. The molecule has 0 aliphatic carbocycles. The molecule has 0 aliphatic heterocycles. The molecule has 0 amide bonds. The summed E-state index contributed by atoms with van der Waals surface area (Å²) >= 11 is 3.23. The Bertz CT molecular complexity index is 352. The van der Waals surface area contributed by atoms with Crippen molar-refractivity contribution in [2.24, 2.45) is 0 Å². The zero-order valence-corrected chi connectivity index (χ0v) is 10.4. The van der Waals surface area contributed by atoms with E-state index in [9.17, 15) is 0 Å². The smallest absolute Gasteiger partial charge is 0.107 e. The number of nitrogens with zero attached hydrogens (tertiary/aromatic N) is 3. The van der Waals surface area contributed by atoms with Crippen molar-refractivity contribution in [3.63, 3.8) is 0 Å². The second-order valence-corrected chi connectivity index (χ2v) is 5.04. The molecule has 0 spiro atoms. The molecule has 0 saturated heterocycles. The van der Waals surface area contributed by atoms with E-state index in [0.29, 0.717) is 6.54 Å². The van der Waals surface area contributed by atoms with Crippen molar-refractivity contribution >= 4 is 22.7 Å². The van der Waals surface area contributed by atoms with Gasteiger partial charge in [0.15, 0.2) is 0 Å². The summed E-state index contributed by atoms with van der Waals surface area (Å²) < 4.78 is 0. The van der Waals surface area contributed by atoms with Crippen LogP contribution in [0.25, 0.3) is 0 Å². The lowest BCUT2D eigenvalue weighted by molar-refractivity contribution is 0.183. The Kier molecular flexibility index (Phi) is 4.41. The van der Waals surface area contributed by atoms with Gasteiger partial charge in [0.25, 0.3) is 0 Å². The Hall–Kier alpha value is -0.820. The molecular weight excluding hydrogens is 242 g/mol. The van der Waals surface area contributed by atoms with E-state index < -0.39 is 0 Å². The minimum Gasteiger partial charge on any atom is -0.395 e. The molecule has 0 radical (unpaired) electrons. The predicted octanol–water partition coefficient (Wildman–Crippen LogP) is 1.59. The van der Waals surface area contributed by atoms with Crippen LogP contribution in [0.15, 0.2) is 22.5 Å². The minimum atomic E-state index is 0.162. The molecule has 0 aromatic carbocycles. The van der Waals surface area contributed by atoms with Crippen molar-refractivity contribution in [2.45, 2.75) is 13.1 Å². The van der Waals surface area contributed by atoms with Crippen LogP contribution in [0.1, 0.15) is 10.7 Å². The van der Waals surface area contributed by atoms with E-state index >= 15 is 0 Å². The third-order valence-corrected chi connectivity index (χ3v) is 3.53. The van der Waals surface area contributed by atoms with Crippen molar-refractivity contribution in [3.8, 4) is 0 Å². The summed E-state index contributed by atoms with van der Waals surface area (Å²) in [5.41, 5.74) is 2.88. The van der Waals surface area contributed by atoms with Crippen LogP contribution in [0.2, 0.25) is 0 Å². The van der Waals surface area contributed by atoms with Gasteiger partial charge in [-0.2, -0.15) is 0 Å². The maximum Gasteiger partial charge on any atom is 0.107 e. The molecule has 2 aromatic heterocycles. The summed E-state index contributed by atoms with van der Waals surface area (Å²) in [6, 6.07) is 0. The van der Waals surface area contributed by atoms with Crippen LogP contribution in [0, 0.1) is 0 Å². The van der Waals surface area contributed by atoms with Crippen molar-refractivity contribution in [1.29, 1.82) is 0 Å². The predicted molar refractivity (Wildman–Crippen MR) is 65.4 cm³/mol. The largest absolute Gasteiger partial charge is 0.395 e. The standard InChI is InChI=1S/C10H13N3OS2/c14-3-2-13(5-9-7-15-8-12-9)6-10-11-1-4-16-10/h1,4,7-8,14H,2-3,5-6H2. The lowest BCUT2D eigenvalue weighted by atomic mass is 10.4. The topological polar surface area (TPSA) is 49.2 Å². The van der Waals surface area contributed by atoms with Gasteiger partial charge in [0.05, 0.1) is 24.4 Å². The maximum atomic E-state index is 9.02. The molecule has 0 saturated carbocycles. The van der Waals surface area contributed by atoms with Crippen LogP contribution in [-0.2, 0) is 13.1 Å². The molecule has 1 N–H and O–H groups in total. The Morgan fingerprint density at radius 2 is 2.25 bits per heavy atom. The van der Waals surface area contributed by atoms with E-state index in [-0.39, 0.29) is 6.61 Å². The molecular formula is C10H13N3OS2. The Labute approximate surface area is 102 Å². The van der Waals surface area contributed by atoms with Gasteiger partial charge in [-0.1, -0.05) is 0 Å². The van der Waals surface area contributed by atoms with Crippen molar-refractivity contribution in [1.82, 2.24) is 14.9 Å². The normalized spacial score (nSPS) is 11.1. The number of rotatable bonds is 6. The van der Waals surface area contributed by atoms with Gasteiger partial charge in [0.2, 0.25) is 0 Å². The third-order valence-electron chi connectivity index (χ3n) is 2.13.